The minimum absolute atomic E-state index is 0.0752. The first-order chi connectivity index (χ1) is 13.9. The number of furan rings is 1. The minimum atomic E-state index is -3.50. The fourth-order valence-electron chi connectivity index (χ4n) is 3.92. The molecule has 1 aromatic heterocycles. The van der Waals surface area contributed by atoms with Gasteiger partial charge >= 0.3 is 0 Å². The van der Waals surface area contributed by atoms with Crippen molar-refractivity contribution in [1.29, 1.82) is 0 Å². The topological polar surface area (TPSA) is 103 Å². The number of piperazine rings is 1. The number of hydrogen-bond donors (Lipinski definition) is 1. The van der Waals surface area contributed by atoms with Gasteiger partial charge in [0.1, 0.15) is 0 Å². The Labute approximate surface area is 172 Å². The van der Waals surface area contributed by atoms with Crippen LogP contribution in [0.5, 0.6) is 0 Å². The van der Waals surface area contributed by atoms with Crippen LogP contribution in [0.2, 0.25) is 0 Å². The van der Waals surface area contributed by atoms with E-state index in [0.29, 0.717) is 26.2 Å². The van der Waals surface area contributed by atoms with Gasteiger partial charge in [0, 0.05) is 52.2 Å². The minimum Gasteiger partial charge on any atom is -0.459 e. The molecule has 1 N–H and O–H groups in total. The molecule has 2 heterocycles. The van der Waals surface area contributed by atoms with Crippen LogP contribution in [-0.2, 0) is 15.0 Å². The molecule has 162 valence electrons. The quantitative estimate of drug-likeness (QED) is 0.702. The number of carbonyl (C=O) groups is 2. The summed E-state index contributed by atoms with van der Waals surface area (Å²) in [5.74, 6) is -0.245. The second kappa shape index (κ2) is 9.73. The van der Waals surface area contributed by atoms with Crippen LogP contribution in [-0.4, -0.2) is 79.6 Å². The van der Waals surface area contributed by atoms with Crippen LogP contribution >= 0.6 is 0 Å². The molecule has 2 aliphatic rings. The molecule has 1 aromatic rings. The van der Waals surface area contributed by atoms with E-state index in [4.69, 9.17) is 4.42 Å². The van der Waals surface area contributed by atoms with E-state index in [1.807, 2.05) is 0 Å². The highest BCUT2D eigenvalue weighted by Gasteiger charge is 2.35. The average Bonchev–Trinajstić information content (AvgIpc) is 3.29. The van der Waals surface area contributed by atoms with Crippen LogP contribution < -0.4 is 5.32 Å². The molecular formula is C19H30N4O5S. The van der Waals surface area contributed by atoms with E-state index in [2.05, 4.69) is 5.32 Å². The van der Waals surface area contributed by atoms with Gasteiger partial charge in [0.15, 0.2) is 5.76 Å². The Hall–Kier alpha value is -1.91. The third-order valence-electron chi connectivity index (χ3n) is 5.74. The monoisotopic (exact) mass is 426 g/mol. The van der Waals surface area contributed by atoms with E-state index in [1.54, 1.807) is 24.1 Å². The fourth-order valence-corrected chi connectivity index (χ4v) is 5.50. The van der Waals surface area contributed by atoms with Crippen LogP contribution in [0.15, 0.2) is 22.8 Å². The van der Waals surface area contributed by atoms with Crippen molar-refractivity contribution in [3.8, 4) is 0 Å². The number of nitrogens with one attached hydrogen (secondary N) is 1. The molecule has 29 heavy (non-hydrogen) atoms. The zero-order valence-electron chi connectivity index (χ0n) is 16.9. The van der Waals surface area contributed by atoms with Gasteiger partial charge in [-0.1, -0.05) is 19.3 Å². The lowest BCUT2D eigenvalue weighted by Crippen LogP contribution is -2.55. The van der Waals surface area contributed by atoms with Gasteiger partial charge in [-0.25, -0.2) is 0 Å². The predicted molar refractivity (Wildman–Crippen MR) is 107 cm³/mol. The van der Waals surface area contributed by atoms with Crippen LogP contribution in [0, 0.1) is 0 Å². The Balaban J connectivity index is 1.43. The average molecular weight is 427 g/mol. The van der Waals surface area contributed by atoms with Gasteiger partial charge in [-0.2, -0.15) is 17.0 Å². The Kier molecular flexibility index (Phi) is 7.31. The molecule has 2 fully saturated rings. The van der Waals surface area contributed by atoms with Crippen molar-refractivity contribution >= 4 is 22.0 Å². The van der Waals surface area contributed by atoms with Crippen LogP contribution in [0.4, 0.5) is 0 Å². The van der Waals surface area contributed by atoms with Gasteiger partial charge in [0.25, 0.3) is 16.1 Å². The molecule has 1 aliphatic heterocycles. The molecule has 0 atom stereocenters. The molecule has 0 aromatic carbocycles. The highest BCUT2D eigenvalue weighted by molar-refractivity contribution is 7.86. The molecule has 9 nitrogen and oxygen atoms in total. The number of amides is 2. The van der Waals surface area contributed by atoms with Gasteiger partial charge in [0.05, 0.1) is 6.26 Å². The zero-order chi connectivity index (χ0) is 20.9. The number of nitrogens with zero attached hydrogens (tertiary/aromatic N) is 3. The summed E-state index contributed by atoms with van der Waals surface area (Å²) in [6, 6.07) is 3.26. The van der Waals surface area contributed by atoms with Crippen molar-refractivity contribution in [2.45, 2.75) is 44.6 Å². The van der Waals surface area contributed by atoms with Crippen LogP contribution in [0.25, 0.3) is 0 Å². The molecule has 10 heteroatoms. The third-order valence-corrected chi connectivity index (χ3v) is 7.78. The van der Waals surface area contributed by atoms with Gasteiger partial charge in [-0.05, 0) is 25.0 Å². The maximum atomic E-state index is 12.9. The standard InChI is InChI=1S/C19H30N4O5S/c1-21(16-6-3-2-4-7-16)29(26,27)23-13-11-22(12-14-23)18(24)9-10-20-19(25)17-8-5-15-28-17/h5,8,15-16H,2-4,6-7,9-14H2,1H3,(H,20,25). The molecule has 0 radical (unpaired) electrons. The van der Waals surface area contributed by atoms with Gasteiger partial charge < -0.3 is 14.6 Å². The number of rotatable bonds is 7. The summed E-state index contributed by atoms with van der Waals surface area (Å²) in [7, 11) is -1.83. The third kappa shape index (κ3) is 5.37. The lowest BCUT2D eigenvalue weighted by molar-refractivity contribution is -0.132. The van der Waals surface area contributed by atoms with Crippen molar-refractivity contribution in [2.24, 2.45) is 0 Å². The predicted octanol–water partition coefficient (Wildman–Crippen LogP) is 1.05. The van der Waals surface area contributed by atoms with E-state index in [0.717, 1.165) is 25.7 Å². The maximum Gasteiger partial charge on any atom is 0.286 e. The van der Waals surface area contributed by atoms with Crippen molar-refractivity contribution in [3.63, 3.8) is 0 Å². The SMILES string of the molecule is CN(C1CCCCC1)S(=O)(=O)N1CCN(C(=O)CCNC(=O)c2ccco2)CC1. The highest BCUT2D eigenvalue weighted by Crippen LogP contribution is 2.25. The molecule has 3 rings (SSSR count). The smallest absolute Gasteiger partial charge is 0.286 e. The molecule has 1 aliphatic carbocycles. The van der Waals surface area contributed by atoms with Gasteiger partial charge in [0.2, 0.25) is 5.91 Å². The number of carbonyl (C=O) groups excluding carboxylic acids is 2. The summed E-state index contributed by atoms with van der Waals surface area (Å²) in [6.07, 6.45) is 6.73. The first-order valence-corrected chi connectivity index (χ1v) is 11.6. The van der Waals surface area contributed by atoms with Crippen LogP contribution in [0.1, 0.15) is 49.1 Å². The van der Waals surface area contributed by atoms with E-state index in [9.17, 15) is 18.0 Å². The van der Waals surface area contributed by atoms with Crippen molar-refractivity contribution in [1.82, 2.24) is 18.8 Å². The second-order valence-corrected chi connectivity index (χ2v) is 9.57. The first kappa shape index (κ1) is 21.8. The largest absolute Gasteiger partial charge is 0.459 e. The highest BCUT2D eigenvalue weighted by atomic mass is 32.2. The normalized spacial score (nSPS) is 19.4. The lowest BCUT2D eigenvalue weighted by Gasteiger charge is -2.38. The van der Waals surface area contributed by atoms with Gasteiger partial charge in [-0.3, -0.25) is 9.59 Å². The fraction of sp³-hybridized carbons (Fsp3) is 0.684. The summed E-state index contributed by atoms with van der Waals surface area (Å²) in [5.41, 5.74) is 0. The van der Waals surface area contributed by atoms with Crippen molar-refractivity contribution in [3.05, 3.63) is 24.2 Å². The van der Waals surface area contributed by atoms with E-state index in [1.165, 1.54) is 21.3 Å². The van der Waals surface area contributed by atoms with Crippen LogP contribution in [0.3, 0.4) is 0 Å². The molecule has 0 spiro atoms. The molecule has 0 bridgehead atoms. The molecule has 1 saturated carbocycles. The second-order valence-electron chi connectivity index (χ2n) is 7.58. The van der Waals surface area contributed by atoms with Crippen molar-refractivity contribution in [2.75, 3.05) is 39.8 Å². The lowest BCUT2D eigenvalue weighted by atomic mass is 9.96. The summed E-state index contributed by atoms with van der Waals surface area (Å²) in [6.45, 7) is 1.53. The summed E-state index contributed by atoms with van der Waals surface area (Å²) in [5, 5.41) is 2.65. The van der Waals surface area contributed by atoms with E-state index in [-0.39, 0.29) is 36.6 Å². The molecule has 2 amide bonds. The molecular weight excluding hydrogens is 396 g/mol. The van der Waals surface area contributed by atoms with Crippen molar-refractivity contribution < 1.29 is 22.4 Å². The Morgan fingerprint density at radius 1 is 1.17 bits per heavy atom. The summed E-state index contributed by atoms with van der Waals surface area (Å²) < 4.78 is 33.8. The maximum absolute atomic E-state index is 12.9. The molecule has 1 saturated heterocycles. The van der Waals surface area contributed by atoms with Gasteiger partial charge in [-0.15, -0.1) is 0 Å². The number of hydrogen-bond acceptors (Lipinski definition) is 5. The van der Waals surface area contributed by atoms with E-state index >= 15 is 0 Å². The Morgan fingerprint density at radius 2 is 1.86 bits per heavy atom. The summed E-state index contributed by atoms with van der Waals surface area (Å²) >= 11 is 0. The Morgan fingerprint density at radius 3 is 2.48 bits per heavy atom. The first-order valence-electron chi connectivity index (χ1n) is 10.2. The Bertz CT molecular complexity index is 782. The molecule has 0 unspecified atom stereocenters. The van der Waals surface area contributed by atoms with E-state index < -0.39 is 10.2 Å². The zero-order valence-corrected chi connectivity index (χ0v) is 17.7. The summed E-state index contributed by atoms with van der Waals surface area (Å²) in [4.78, 5) is 25.8.